The molecule has 30 heavy (non-hydrogen) atoms. The molecule has 0 bridgehead atoms. The Morgan fingerprint density at radius 3 is 0.567 bits per heavy atom. The molecule has 12 N–H and O–H groups in total. The van der Waals surface area contributed by atoms with Gasteiger partial charge in [-0.1, -0.05) is 35.5 Å². The topological polar surface area (TPSA) is 156 Å². The van der Waals surface area contributed by atoms with E-state index >= 15 is 0 Å². The van der Waals surface area contributed by atoms with Crippen LogP contribution < -0.4 is 34.4 Å². The molecule has 0 amide bonds. The normalized spacial score (nSPS) is 10.8. The minimum absolute atomic E-state index is 0.422. The Balaban J connectivity index is 2.08. The van der Waals surface area contributed by atoms with E-state index in [2.05, 4.69) is 35.5 Å². The quantitative estimate of drug-likeness (QED) is 0.198. The molecule has 0 saturated heterocycles. The molecule has 0 heterocycles. The molecule has 0 fully saturated rings. The first kappa shape index (κ1) is 18.5. The molecule has 0 unspecified atom stereocenters. The van der Waals surface area contributed by atoms with Gasteiger partial charge < -0.3 is 34.4 Å². The van der Waals surface area contributed by atoms with Crippen molar-refractivity contribution in [1.82, 2.24) is 0 Å². The zero-order chi connectivity index (χ0) is 21.4. The first-order chi connectivity index (χ1) is 14.3. The minimum atomic E-state index is 0.422. The number of hydrogen-bond acceptors (Lipinski definition) is 6. The van der Waals surface area contributed by atoms with Gasteiger partial charge in [0.1, 0.15) is 0 Å². The third kappa shape index (κ3) is 3.36. The lowest BCUT2D eigenvalue weighted by atomic mass is 10.00. The van der Waals surface area contributed by atoms with Crippen molar-refractivity contribution in [2.75, 3.05) is 34.4 Å². The van der Waals surface area contributed by atoms with E-state index in [4.69, 9.17) is 34.4 Å². The predicted molar refractivity (Wildman–Crippen MR) is 124 cm³/mol. The maximum atomic E-state index is 5.98. The van der Waals surface area contributed by atoms with Crippen LogP contribution in [0.4, 0.5) is 34.1 Å². The van der Waals surface area contributed by atoms with Gasteiger partial charge in [0.2, 0.25) is 0 Å². The summed E-state index contributed by atoms with van der Waals surface area (Å²) in [5, 5.41) is 0. The number of nitrogen functional groups attached to an aromatic ring is 6. The molecule has 6 nitrogen and oxygen atoms in total. The molecule has 1 aliphatic rings. The fraction of sp³-hybridized carbons (Fsp3) is 0. The fourth-order valence-corrected chi connectivity index (χ4v) is 2.92. The van der Waals surface area contributed by atoms with Crippen molar-refractivity contribution in [3.05, 3.63) is 69.8 Å². The predicted octanol–water partition coefficient (Wildman–Crippen LogP) is 1.69. The Morgan fingerprint density at radius 2 is 0.433 bits per heavy atom. The molecule has 6 heteroatoms. The summed E-state index contributed by atoms with van der Waals surface area (Å²) in [5.41, 5.74) is 42.2. The third-order valence-corrected chi connectivity index (χ3v) is 4.67. The molecule has 1 aliphatic carbocycles. The molecule has 0 spiro atoms. The van der Waals surface area contributed by atoms with Crippen LogP contribution in [0, 0.1) is 35.5 Å². The Hall–Kier alpha value is -4.86. The van der Waals surface area contributed by atoms with E-state index in [9.17, 15) is 0 Å². The summed E-state index contributed by atoms with van der Waals surface area (Å²) in [6, 6.07) is 10.2. The lowest BCUT2D eigenvalue weighted by molar-refractivity contribution is 1.53. The van der Waals surface area contributed by atoms with Gasteiger partial charge in [-0.3, -0.25) is 0 Å². The summed E-state index contributed by atoms with van der Waals surface area (Å²) >= 11 is 0. The van der Waals surface area contributed by atoms with Crippen molar-refractivity contribution in [2.45, 2.75) is 0 Å². The summed E-state index contributed by atoms with van der Waals surface area (Å²) in [4.78, 5) is 0. The van der Waals surface area contributed by atoms with Crippen molar-refractivity contribution in [1.29, 1.82) is 0 Å². The van der Waals surface area contributed by atoms with Gasteiger partial charge >= 0.3 is 0 Å². The highest BCUT2D eigenvalue weighted by Gasteiger charge is 2.08. The standard InChI is InChI=1S/C24H18N6/c25-19-7-13-1-2-14-8-20(26)22(28)10-16(14)5-6-18-12-24(30)23(29)11-17(18)4-3-15(13)9-21(19)27/h7-12H,25-30H2. The highest BCUT2D eigenvalue weighted by Crippen LogP contribution is 2.24. The monoisotopic (exact) mass is 390 g/mol. The van der Waals surface area contributed by atoms with E-state index in [1.807, 2.05) is 0 Å². The van der Waals surface area contributed by atoms with Crippen molar-refractivity contribution >= 4 is 34.1 Å². The van der Waals surface area contributed by atoms with E-state index in [0.717, 1.165) is 0 Å². The number of fused-ring (bicyclic) bond motifs is 3. The second-order valence-electron chi connectivity index (χ2n) is 6.83. The van der Waals surface area contributed by atoms with Gasteiger partial charge in [-0.15, -0.1) is 0 Å². The first-order valence-electron chi connectivity index (χ1n) is 8.95. The maximum Gasteiger partial charge on any atom is 0.0561 e. The number of anilines is 6. The highest BCUT2D eigenvalue weighted by molar-refractivity contribution is 5.76. The summed E-state index contributed by atoms with van der Waals surface area (Å²) in [6.07, 6.45) is 0. The van der Waals surface area contributed by atoms with Crippen molar-refractivity contribution < 1.29 is 0 Å². The second-order valence-corrected chi connectivity index (χ2v) is 6.83. The van der Waals surface area contributed by atoms with Crippen LogP contribution >= 0.6 is 0 Å². The number of rotatable bonds is 0. The molecular formula is C24H18N6. The van der Waals surface area contributed by atoms with Gasteiger partial charge in [-0.05, 0) is 36.4 Å². The summed E-state index contributed by atoms with van der Waals surface area (Å²) in [7, 11) is 0. The zero-order valence-corrected chi connectivity index (χ0v) is 15.9. The molecular weight excluding hydrogens is 372 g/mol. The molecule has 0 radical (unpaired) electrons. The lowest BCUT2D eigenvalue weighted by Crippen LogP contribution is -2.00. The fourth-order valence-electron chi connectivity index (χ4n) is 2.92. The molecule has 144 valence electrons. The van der Waals surface area contributed by atoms with Crippen LogP contribution in [0.15, 0.2) is 36.4 Å². The SMILES string of the molecule is Nc1cc2c(cc1N)C#Cc1cc(N)c(N)cc1C#Cc1cc(N)c(N)cc1C#C2. The third-order valence-electron chi connectivity index (χ3n) is 4.67. The number of benzene rings is 3. The van der Waals surface area contributed by atoms with Gasteiger partial charge in [0.05, 0.1) is 34.1 Å². The van der Waals surface area contributed by atoms with Crippen LogP contribution in [0.3, 0.4) is 0 Å². The Morgan fingerprint density at radius 1 is 0.300 bits per heavy atom. The van der Waals surface area contributed by atoms with E-state index in [1.54, 1.807) is 36.4 Å². The average Bonchev–Trinajstić information content (AvgIpc) is 2.70. The largest absolute Gasteiger partial charge is 0.397 e. The molecule has 4 rings (SSSR count). The van der Waals surface area contributed by atoms with Crippen LogP contribution in [-0.2, 0) is 0 Å². The van der Waals surface area contributed by atoms with Gasteiger partial charge in [-0.25, -0.2) is 0 Å². The number of hydrogen-bond donors (Lipinski definition) is 6. The van der Waals surface area contributed by atoms with Gasteiger partial charge in [0, 0.05) is 33.4 Å². The van der Waals surface area contributed by atoms with Crippen LogP contribution in [-0.4, -0.2) is 0 Å². The van der Waals surface area contributed by atoms with E-state index < -0.39 is 0 Å². The number of nitrogens with two attached hydrogens (primary N) is 6. The van der Waals surface area contributed by atoms with Gasteiger partial charge in [0.25, 0.3) is 0 Å². The lowest BCUT2D eigenvalue weighted by Gasteiger charge is -2.07. The van der Waals surface area contributed by atoms with Crippen LogP contribution in [0.5, 0.6) is 0 Å². The van der Waals surface area contributed by atoms with Crippen molar-refractivity contribution in [3.63, 3.8) is 0 Å². The maximum absolute atomic E-state index is 5.98. The van der Waals surface area contributed by atoms with Gasteiger partial charge in [0.15, 0.2) is 0 Å². The Bertz CT molecular complexity index is 1140. The Kier molecular flexibility index (Phi) is 4.28. The van der Waals surface area contributed by atoms with Crippen LogP contribution in [0.2, 0.25) is 0 Å². The molecule has 3 aromatic carbocycles. The second kappa shape index (κ2) is 6.95. The Labute approximate surface area is 174 Å². The average molecular weight is 390 g/mol. The zero-order valence-electron chi connectivity index (χ0n) is 15.9. The van der Waals surface area contributed by atoms with E-state index in [0.29, 0.717) is 67.5 Å². The molecule has 0 atom stereocenters. The minimum Gasteiger partial charge on any atom is -0.397 e. The van der Waals surface area contributed by atoms with E-state index in [1.165, 1.54) is 0 Å². The van der Waals surface area contributed by atoms with Crippen LogP contribution in [0.25, 0.3) is 0 Å². The first-order valence-corrected chi connectivity index (χ1v) is 8.95. The van der Waals surface area contributed by atoms with Crippen LogP contribution in [0.1, 0.15) is 33.4 Å². The molecule has 0 aromatic heterocycles. The summed E-state index contributed by atoms with van der Waals surface area (Å²) in [6.45, 7) is 0. The summed E-state index contributed by atoms with van der Waals surface area (Å²) < 4.78 is 0. The van der Waals surface area contributed by atoms with Crippen molar-refractivity contribution in [2.24, 2.45) is 0 Å². The van der Waals surface area contributed by atoms with Gasteiger partial charge in [-0.2, -0.15) is 0 Å². The smallest absolute Gasteiger partial charge is 0.0561 e. The highest BCUT2D eigenvalue weighted by atomic mass is 14.7. The molecule has 3 aromatic rings. The molecule has 0 aliphatic heterocycles. The van der Waals surface area contributed by atoms with Crippen molar-refractivity contribution in [3.8, 4) is 35.5 Å². The van der Waals surface area contributed by atoms with E-state index in [-0.39, 0.29) is 0 Å². The summed E-state index contributed by atoms with van der Waals surface area (Å²) in [5.74, 6) is 18.6. The molecule has 0 saturated carbocycles.